The third-order valence-electron chi connectivity index (χ3n) is 4.32. The highest BCUT2D eigenvalue weighted by atomic mass is 35.5. The number of nitrogens with one attached hydrogen (secondary N) is 1. The molecule has 2 aromatic heterocycles. The lowest BCUT2D eigenvalue weighted by molar-refractivity contribution is -0.137. The van der Waals surface area contributed by atoms with Crippen LogP contribution in [0.3, 0.4) is 0 Å². The predicted molar refractivity (Wildman–Crippen MR) is 122 cm³/mol. The number of oxazole rings is 1. The van der Waals surface area contributed by atoms with Crippen molar-refractivity contribution < 1.29 is 19.1 Å². The van der Waals surface area contributed by atoms with E-state index in [1.165, 1.54) is 16.7 Å². The maximum atomic E-state index is 11.9. The molecule has 0 saturated heterocycles. The molecule has 0 unspecified atom stereocenters. The molecule has 1 aromatic carbocycles. The normalized spacial score (nSPS) is 11.6. The van der Waals surface area contributed by atoms with Gasteiger partial charge in [-0.05, 0) is 25.1 Å². The van der Waals surface area contributed by atoms with E-state index in [0.29, 0.717) is 29.4 Å². The molecule has 0 aliphatic heterocycles. The van der Waals surface area contributed by atoms with Gasteiger partial charge in [-0.15, -0.1) is 0 Å². The van der Waals surface area contributed by atoms with Gasteiger partial charge >= 0.3 is 11.7 Å². The first-order valence-corrected chi connectivity index (χ1v) is 10.5. The monoisotopic (exact) mass is 465 g/mol. The Morgan fingerprint density at radius 2 is 2.03 bits per heavy atom. The lowest BCUT2D eigenvalue weighted by atomic mass is 10.2. The van der Waals surface area contributed by atoms with Crippen molar-refractivity contribution in [1.29, 1.82) is 0 Å². The summed E-state index contributed by atoms with van der Waals surface area (Å²) in [5.41, 5.74) is 11.8. The Hall–Kier alpha value is -2.92. The summed E-state index contributed by atoms with van der Waals surface area (Å²) in [6.45, 7) is 4.97. The first-order valence-electron chi connectivity index (χ1n) is 10.1. The minimum Gasteiger partial charge on any atom is -0.483 e. The smallest absolute Gasteiger partial charge is 0.419 e. The summed E-state index contributed by atoms with van der Waals surface area (Å²) in [5.74, 6) is -1.29. The molecule has 0 amide bonds. The van der Waals surface area contributed by atoms with Crippen LogP contribution in [0.1, 0.15) is 25.1 Å². The minimum absolute atomic E-state index is 0.00202. The third-order valence-corrected chi connectivity index (χ3v) is 4.62. The van der Waals surface area contributed by atoms with Crippen LogP contribution in [0.15, 0.2) is 45.7 Å². The van der Waals surface area contributed by atoms with Gasteiger partial charge < -0.3 is 31.0 Å². The van der Waals surface area contributed by atoms with E-state index >= 15 is 0 Å². The second-order valence-corrected chi connectivity index (χ2v) is 7.16. The Kier molecular flexibility index (Phi) is 10.2. The number of aromatic nitrogens is 2. The molecule has 3 aromatic rings. The zero-order chi connectivity index (χ0) is 23.5. The Bertz CT molecular complexity index is 1050. The second-order valence-electron chi connectivity index (χ2n) is 6.76. The fourth-order valence-electron chi connectivity index (χ4n) is 2.77. The van der Waals surface area contributed by atoms with E-state index in [-0.39, 0.29) is 24.7 Å². The Morgan fingerprint density at radius 3 is 2.62 bits per heavy atom. The number of pyridine rings is 1. The number of nitrogens with zero attached hydrogens (tertiary/aromatic N) is 2. The maximum absolute atomic E-state index is 11.9. The number of aryl methyl sites for hydroxylation is 1. The Balaban J connectivity index is 0.000000451. The maximum Gasteiger partial charge on any atom is 0.419 e. The van der Waals surface area contributed by atoms with Gasteiger partial charge in [-0.1, -0.05) is 17.7 Å². The standard InChI is InChI=1S/C17H15ClN2O5.C4H13N3/c1-10(12-4-2-3-6-19-12)24-14-9-15-13(8-11(14)18)20(17(23)25-15)7-5-16(21)22;5-1-3-7-4-2-6/h2-4,6,8-10H,5,7H2,1H3,(H,21,22);7H,1-6H2/t10-;/m1./s1. The molecule has 174 valence electrons. The van der Waals surface area contributed by atoms with Crippen molar-refractivity contribution >= 4 is 28.7 Å². The number of hydrogen-bond acceptors (Lipinski definition) is 8. The molecule has 32 heavy (non-hydrogen) atoms. The van der Waals surface area contributed by atoms with E-state index in [2.05, 4.69) is 10.3 Å². The van der Waals surface area contributed by atoms with Gasteiger partial charge in [0.25, 0.3) is 0 Å². The number of carbonyl (C=O) groups is 1. The molecule has 0 radical (unpaired) electrons. The van der Waals surface area contributed by atoms with E-state index in [1.54, 1.807) is 6.20 Å². The summed E-state index contributed by atoms with van der Waals surface area (Å²) in [6, 6.07) is 8.55. The molecule has 0 bridgehead atoms. The summed E-state index contributed by atoms with van der Waals surface area (Å²) >= 11 is 6.26. The molecular formula is C21H28ClN5O5. The Morgan fingerprint density at radius 1 is 1.31 bits per heavy atom. The number of ether oxygens (including phenoxy) is 1. The molecular weight excluding hydrogens is 438 g/mol. The lowest BCUT2D eigenvalue weighted by Gasteiger charge is -2.15. The number of carboxylic acids is 1. The summed E-state index contributed by atoms with van der Waals surface area (Å²) in [4.78, 5) is 26.9. The lowest BCUT2D eigenvalue weighted by Crippen LogP contribution is -2.27. The molecule has 2 heterocycles. The predicted octanol–water partition coefficient (Wildman–Crippen LogP) is 1.75. The average molecular weight is 466 g/mol. The molecule has 3 rings (SSSR count). The van der Waals surface area contributed by atoms with Crippen molar-refractivity contribution in [2.24, 2.45) is 11.5 Å². The molecule has 0 aliphatic carbocycles. The summed E-state index contributed by atoms with van der Waals surface area (Å²) in [6.07, 6.45) is 1.12. The summed E-state index contributed by atoms with van der Waals surface area (Å²) < 4.78 is 12.2. The van der Waals surface area contributed by atoms with Crippen LogP contribution in [0.5, 0.6) is 5.75 Å². The van der Waals surface area contributed by atoms with E-state index in [9.17, 15) is 9.59 Å². The number of fused-ring (bicyclic) bond motifs is 1. The number of rotatable bonds is 10. The van der Waals surface area contributed by atoms with Gasteiger partial charge in [0.05, 0.1) is 22.7 Å². The quantitative estimate of drug-likeness (QED) is 0.327. The van der Waals surface area contributed by atoms with E-state index < -0.39 is 11.7 Å². The summed E-state index contributed by atoms with van der Waals surface area (Å²) in [5, 5.41) is 12.1. The van der Waals surface area contributed by atoms with Crippen molar-refractivity contribution in [2.75, 3.05) is 26.2 Å². The molecule has 0 saturated carbocycles. The molecule has 0 spiro atoms. The van der Waals surface area contributed by atoms with E-state index in [0.717, 1.165) is 18.8 Å². The SMILES string of the molecule is C[C@@H](Oc1cc2oc(=O)n(CCC(=O)O)c2cc1Cl)c1ccccn1.NCCNCCN. The number of hydrogen-bond donors (Lipinski definition) is 4. The van der Waals surface area contributed by atoms with E-state index in [4.69, 9.17) is 37.3 Å². The van der Waals surface area contributed by atoms with Gasteiger partial charge in [0.1, 0.15) is 11.9 Å². The van der Waals surface area contributed by atoms with Crippen LogP contribution < -0.4 is 27.3 Å². The van der Waals surface area contributed by atoms with Gasteiger partial charge in [-0.25, -0.2) is 4.79 Å². The number of carboxylic acid groups (broad SMARTS) is 1. The number of aliphatic carboxylic acids is 1. The van der Waals surface area contributed by atoms with Crippen molar-refractivity contribution in [3.05, 3.63) is 57.8 Å². The zero-order valence-corrected chi connectivity index (χ0v) is 18.5. The van der Waals surface area contributed by atoms with Gasteiger partial charge in [-0.3, -0.25) is 14.3 Å². The zero-order valence-electron chi connectivity index (χ0n) is 17.8. The first kappa shape index (κ1) is 25.3. The highest BCUT2D eigenvalue weighted by Gasteiger charge is 2.17. The third kappa shape index (κ3) is 7.34. The van der Waals surface area contributed by atoms with Gasteiger partial charge in [-0.2, -0.15) is 0 Å². The Labute approximate surface area is 190 Å². The highest BCUT2D eigenvalue weighted by molar-refractivity contribution is 6.32. The van der Waals surface area contributed by atoms with Crippen LogP contribution >= 0.6 is 11.6 Å². The second kappa shape index (κ2) is 12.8. The highest BCUT2D eigenvalue weighted by Crippen LogP contribution is 2.32. The van der Waals surface area contributed by atoms with Gasteiger partial charge in [0, 0.05) is 45.0 Å². The van der Waals surface area contributed by atoms with Crippen LogP contribution in [-0.4, -0.2) is 46.8 Å². The molecule has 1 atom stereocenters. The molecule has 0 aliphatic rings. The number of benzene rings is 1. The molecule has 0 fully saturated rings. The van der Waals surface area contributed by atoms with Crippen molar-refractivity contribution in [2.45, 2.75) is 26.0 Å². The van der Waals surface area contributed by atoms with Crippen molar-refractivity contribution in [1.82, 2.24) is 14.9 Å². The van der Waals surface area contributed by atoms with Gasteiger partial charge in [0.15, 0.2) is 5.58 Å². The fraction of sp³-hybridized carbons (Fsp3) is 0.381. The molecule has 11 heteroatoms. The van der Waals surface area contributed by atoms with Crippen molar-refractivity contribution in [3.63, 3.8) is 0 Å². The fourth-order valence-corrected chi connectivity index (χ4v) is 2.97. The van der Waals surface area contributed by atoms with Crippen LogP contribution in [-0.2, 0) is 11.3 Å². The van der Waals surface area contributed by atoms with Crippen LogP contribution in [0.25, 0.3) is 11.1 Å². The van der Waals surface area contributed by atoms with Crippen LogP contribution in [0, 0.1) is 0 Å². The molecule has 6 N–H and O–H groups in total. The largest absolute Gasteiger partial charge is 0.483 e. The van der Waals surface area contributed by atoms with Crippen LogP contribution in [0.4, 0.5) is 0 Å². The van der Waals surface area contributed by atoms with Gasteiger partial charge in [0.2, 0.25) is 0 Å². The minimum atomic E-state index is -1.00. The number of nitrogens with two attached hydrogens (primary N) is 2. The van der Waals surface area contributed by atoms with Crippen LogP contribution in [0.2, 0.25) is 5.02 Å². The van der Waals surface area contributed by atoms with Crippen molar-refractivity contribution in [3.8, 4) is 5.75 Å². The van der Waals surface area contributed by atoms with E-state index in [1.807, 2.05) is 25.1 Å². The first-order chi connectivity index (χ1) is 15.4. The topological polar surface area (TPSA) is 159 Å². The number of halogens is 1. The molecule has 10 nitrogen and oxygen atoms in total. The summed E-state index contributed by atoms with van der Waals surface area (Å²) in [7, 11) is 0. The average Bonchev–Trinajstić information content (AvgIpc) is 3.07.